The fourth-order valence-electron chi connectivity index (χ4n) is 2.16. The first-order valence-electron chi connectivity index (χ1n) is 6.78. The first-order chi connectivity index (χ1) is 9.52. The molecule has 108 valence electrons. The van der Waals surface area contributed by atoms with E-state index in [1.807, 2.05) is 19.1 Å². The average Bonchev–Trinajstić information content (AvgIpc) is 2.82. The monoisotopic (exact) mass is 295 g/mol. The summed E-state index contributed by atoms with van der Waals surface area (Å²) in [4.78, 5) is 2.24. The molecule has 0 fully saturated rings. The van der Waals surface area contributed by atoms with E-state index in [4.69, 9.17) is 0 Å². The van der Waals surface area contributed by atoms with Crippen molar-refractivity contribution in [1.29, 1.82) is 0 Å². The van der Waals surface area contributed by atoms with Gasteiger partial charge in [-0.2, -0.15) is 0 Å². The standard InChI is InChI=1S/C16H19F2NS/c1-4-7-19-16(15-6-5-11(3)20-15)12-8-10(2)13(17)9-14(12)18/h5-6,8-9,16,19H,4,7H2,1-3H3. The summed E-state index contributed by atoms with van der Waals surface area (Å²) < 4.78 is 27.5. The van der Waals surface area contributed by atoms with E-state index in [-0.39, 0.29) is 6.04 Å². The largest absolute Gasteiger partial charge is 0.306 e. The predicted octanol–water partition coefficient (Wildman–Crippen LogP) is 4.73. The Balaban J connectivity index is 2.43. The van der Waals surface area contributed by atoms with E-state index in [9.17, 15) is 8.78 Å². The molecule has 1 unspecified atom stereocenters. The molecule has 0 amide bonds. The molecule has 0 saturated heterocycles. The summed E-state index contributed by atoms with van der Waals surface area (Å²) >= 11 is 1.64. The molecule has 1 N–H and O–H groups in total. The number of hydrogen-bond donors (Lipinski definition) is 1. The van der Waals surface area contributed by atoms with Gasteiger partial charge in [0.25, 0.3) is 0 Å². The molecular formula is C16H19F2NS. The first-order valence-corrected chi connectivity index (χ1v) is 7.59. The second kappa shape index (κ2) is 6.46. The fraction of sp³-hybridized carbons (Fsp3) is 0.375. The quantitative estimate of drug-likeness (QED) is 0.840. The molecule has 1 aromatic carbocycles. The third-order valence-electron chi connectivity index (χ3n) is 3.23. The molecule has 0 aliphatic heterocycles. The number of rotatable bonds is 5. The maximum absolute atomic E-state index is 14.1. The molecule has 2 rings (SSSR count). The molecule has 1 nitrogen and oxygen atoms in total. The summed E-state index contributed by atoms with van der Waals surface area (Å²) in [5.74, 6) is -0.990. The van der Waals surface area contributed by atoms with Crippen molar-refractivity contribution in [2.75, 3.05) is 6.54 Å². The van der Waals surface area contributed by atoms with Gasteiger partial charge in [0.05, 0.1) is 6.04 Å². The van der Waals surface area contributed by atoms with E-state index in [1.165, 1.54) is 4.88 Å². The van der Waals surface area contributed by atoms with Crippen LogP contribution in [-0.4, -0.2) is 6.54 Å². The lowest BCUT2D eigenvalue weighted by Crippen LogP contribution is -2.23. The summed E-state index contributed by atoms with van der Waals surface area (Å²) in [6.45, 7) is 6.54. The van der Waals surface area contributed by atoms with Crippen molar-refractivity contribution >= 4 is 11.3 Å². The number of halogens is 2. The maximum atomic E-state index is 14.1. The fourth-order valence-corrected chi connectivity index (χ4v) is 3.13. The predicted molar refractivity (Wildman–Crippen MR) is 80.3 cm³/mol. The number of nitrogens with one attached hydrogen (secondary N) is 1. The van der Waals surface area contributed by atoms with Gasteiger partial charge in [-0.05, 0) is 50.6 Å². The van der Waals surface area contributed by atoms with E-state index in [0.717, 1.165) is 23.9 Å². The zero-order valence-electron chi connectivity index (χ0n) is 12.0. The highest BCUT2D eigenvalue weighted by Gasteiger charge is 2.20. The van der Waals surface area contributed by atoms with Gasteiger partial charge >= 0.3 is 0 Å². The smallest absolute Gasteiger partial charge is 0.131 e. The lowest BCUT2D eigenvalue weighted by atomic mass is 10.0. The van der Waals surface area contributed by atoms with Crippen LogP contribution >= 0.6 is 11.3 Å². The van der Waals surface area contributed by atoms with Gasteiger partial charge < -0.3 is 5.32 Å². The van der Waals surface area contributed by atoms with Crippen LogP contribution in [0.2, 0.25) is 0 Å². The third-order valence-corrected chi connectivity index (χ3v) is 4.30. The van der Waals surface area contributed by atoms with Crippen molar-refractivity contribution in [3.63, 3.8) is 0 Å². The highest BCUT2D eigenvalue weighted by molar-refractivity contribution is 7.12. The van der Waals surface area contributed by atoms with Crippen molar-refractivity contribution in [3.8, 4) is 0 Å². The Morgan fingerprint density at radius 3 is 2.50 bits per heavy atom. The van der Waals surface area contributed by atoms with E-state index >= 15 is 0 Å². The number of hydrogen-bond acceptors (Lipinski definition) is 2. The van der Waals surface area contributed by atoms with Crippen molar-refractivity contribution < 1.29 is 8.78 Å². The van der Waals surface area contributed by atoms with Crippen molar-refractivity contribution in [2.45, 2.75) is 33.2 Å². The molecule has 0 saturated carbocycles. The topological polar surface area (TPSA) is 12.0 Å². The molecule has 20 heavy (non-hydrogen) atoms. The number of benzene rings is 1. The molecule has 0 aliphatic rings. The number of thiophene rings is 1. The Morgan fingerprint density at radius 1 is 1.15 bits per heavy atom. The Morgan fingerprint density at radius 2 is 1.90 bits per heavy atom. The van der Waals surface area contributed by atoms with Crippen molar-refractivity contribution in [3.05, 3.63) is 56.8 Å². The number of aryl methyl sites for hydroxylation is 2. The van der Waals surface area contributed by atoms with Gasteiger partial charge in [-0.25, -0.2) is 8.78 Å². The minimum Gasteiger partial charge on any atom is -0.306 e. The summed E-state index contributed by atoms with van der Waals surface area (Å²) in [6.07, 6.45) is 0.961. The highest BCUT2D eigenvalue weighted by Crippen LogP contribution is 2.31. The average molecular weight is 295 g/mol. The molecule has 2 aromatic rings. The lowest BCUT2D eigenvalue weighted by Gasteiger charge is -2.19. The second-order valence-electron chi connectivity index (χ2n) is 4.96. The van der Waals surface area contributed by atoms with Gasteiger partial charge in [0.2, 0.25) is 0 Å². The van der Waals surface area contributed by atoms with Crippen molar-refractivity contribution in [2.24, 2.45) is 0 Å². The van der Waals surface area contributed by atoms with Crippen LogP contribution in [0.4, 0.5) is 8.78 Å². The van der Waals surface area contributed by atoms with Crippen LogP contribution in [0.15, 0.2) is 24.3 Å². The van der Waals surface area contributed by atoms with E-state index < -0.39 is 11.6 Å². The SMILES string of the molecule is CCCNC(c1ccc(C)s1)c1cc(C)c(F)cc1F. The minimum absolute atomic E-state index is 0.215. The van der Waals surface area contributed by atoms with Crippen molar-refractivity contribution in [1.82, 2.24) is 5.32 Å². The molecule has 1 heterocycles. The summed E-state index contributed by atoms with van der Waals surface area (Å²) in [7, 11) is 0. The van der Waals surface area contributed by atoms with Crippen LogP contribution in [0.25, 0.3) is 0 Å². The van der Waals surface area contributed by atoms with Crippen LogP contribution < -0.4 is 5.32 Å². The Labute approximate surface area is 122 Å². The van der Waals surface area contributed by atoms with Gasteiger partial charge in [0.15, 0.2) is 0 Å². The van der Waals surface area contributed by atoms with Crippen LogP contribution in [0.5, 0.6) is 0 Å². The van der Waals surface area contributed by atoms with Gasteiger partial charge in [0, 0.05) is 21.4 Å². The van der Waals surface area contributed by atoms with Gasteiger partial charge in [-0.3, -0.25) is 0 Å². The van der Waals surface area contributed by atoms with Crippen LogP contribution in [0, 0.1) is 25.5 Å². The lowest BCUT2D eigenvalue weighted by molar-refractivity contribution is 0.533. The first kappa shape index (κ1) is 15.1. The molecule has 1 aromatic heterocycles. The van der Waals surface area contributed by atoms with E-state index in [0.29, 0.717) is 11.1 Å². The van der Waals surface area contributed by atoms with E-state index in [1.54, 1.807) is 24.3 Å². The van der Waals surface area contributed by atoms with Crippen LogP contribution in [0.3, 0.4) is 0 Å². The van der Waals surface area contributed by atoms with Gasteiger partial charge in [-0.15, -0.1) is 11.3 Å². The normalized spacial score (nSPS) is 12.7. The van der Waals surface area contributed by atoms with E-state index in [2.05, 4.69) is 12.2 Å². The molecule has 0 aliphatic carbocycles. The maximum Gasteiger partial charge on any atom is 0.131 e. The second-order valence-corrected chi connectivity index (χ2v) is 6.28. The minimum atomic E-state index is -0.497. The molecule has 0 bridgehead atoms. The summed E-state index contributed by atoms with van der Waals surface area (Å²) in [5.41, 5.74) is 0.983. The molecule has 1 atom stereocenters. The molecule has 4 heteroatoms. The summed E-state index contributed by atoms with van der Waals surface area (Å²) in [6, 6.07) is 6.40. The van der Waals surface area contributed by atoms with Gasteiger partial charge in [0.1, 0.15) is 11.6 Å². The Hall–Kier alpha value is -1.26. The Kier molecular flexibility index (Phi) is 4.89. The zero-order valence-corrected chi connectivity index (χ0v) is 12.8. The molecule has 0 radical (unpaired) electrons. The molecule has 0 spiro atoms. The Bertz CT molecular complexity index is 592. The van der Waals surface area contributed by atoms with Gasteiger partial charge in [-0.1, -0.05) is 6.92 Å². The van der Waals surface area contributed by atoms with Crippen LogP contribution in [-0.2, 0) is 0 Å². The summed E-state index contributed by atoms with van der Waals surface area (Å²) in [5, 5.41) is 3.35. The van der Waals surface area contributed by atoms with Crippen LogP contribution in [0.1, 0.15) is 40.3 Å². The zero-order chi connectivity index (χ0) is 14.7. The third kappa shape index (κ3) is 3.25. The molecular weight excluding hydrogens is 276 g/mol. The highest BCUT2D eigenvalue weighted by atomic mass is 32.1.